The first kappa shape index (κ1) is 28.4. The van der Waals surface area contributed by atoms with Crippen LogP contribution in [0.2, 0.25) is 0 Å². The van der Waals surface area contributed by atoms with Gasteiger partial charge in [-0.1, -0.05) is 20.8 Å². The van der Waals surface area contributed by atoms with E-state index in [1.54, 1.807) is 0 Å². The Morgan fingerprint density at radius 2 is 2.00 bits per heavy atom. The van der Waals surface area contributed by atoms with Gasteiger partial charge in [0.25, 0.3) is 5.56 Å². The zero-order valence-electron chi connectivity index (χ0n) is 19.3. The van der Waals surface area contributed by atoms with Crippen LogP contribution < -0.4 is 11.2 Å². The highest BCUT2D eigenvalue weighted by Gasteiger charge is 2.51. The van der Waals surface area contributed by atoms with Crippen LogP contribution in [0.15, 0.2) is 21.9 Å². The fourth-order valence-corrected chi connectivity index (χ4v) is 4.49. The molecule has 0 aromatic carbocycles. The molecule has 1 aromatic rings. The molecule has 0 spiro atoms. The van der Waals surface area contributed by atoms with Gasteiger partial charge in [0.15, 0.2) is 18.3 Å². The number of aliphatic hydroxyl groups is 1. The lowest BCUT2D eigenvalue weighted by atomic mass is 9.99. The van der Waals surface area contributed by atoms with Gasteiger partial charge in [0.1, 0.15) is 12.2 Å². The standard InChI is InChI=1S/C19H29N2O11PS/c1-19(2,3)10-29-18(25)30-11-34-33(26)32-14-12(9-22)31-16(15(14)28-8-7-27-4)21-6-5-13(23)20-17(21)24/h5-6,12,14-16,22H,7-11H2,1-4H3/p+1/t12-,14-,15-,16-/m1/s1. The van der Waals surface area contributed by atoms with Crippen molar-refractivity contribution in [3.8, 4) is 0 Å². The maximum absolute atomic E-state index is 12.5. The molecule has 0 bridgehead atoms. The van der Waals surface area contributed by atoms with Crippen molar-refractivity contribution in [2.24, 2.45) is 5.41 Å². The summed E-state index contributed by atoms with van der Waals surface area (Å²) in [7, 11) is -0.971. The molecule has 0 saturated carbocycles. The summed E-state index contributed by atoms with van der Waals surface area (Å²) >= 11 is 0.701. The third kappa shape index (κ3) is 8.77. The number of carbonyl (C=O) groups is 1. The van der Waals surface area contributed by atoms with Crippen LogP contribution in [-0.2, 0) is 32.8 Å². The fourth-order valence-electron chi connectivity index (χ4n) is 2.84. The highest BCUT2D eigenvalue weighted by atomic mass is 32.7. The lowest BCUT2D eigenvalue weighted by Crippen LogP contribution is -2.40. The van der Waals surface area contributed by atoms with Gasteiger partial charge in [-0.15, -0.1) is 4.52 Å². The Morgan fingerprint density at radius 1 is 1.26 bits per heavy atom. The first-order valence-corrected chi connectivity index (χ1v) is 13.1. The van der Waals surface area contributed by atoms with Crippen molar-refractivity contribution in [3.05, 3.63) is 33.1 Å². The van der Waals surface area contributed by atoms with Crippen LogP contribution in [0.3, 0.4) is 0 Å². The van der Waals surface area contributed by atoms with Crippen molar-refractivity contribution in [3.63, 3.8) is 0 Å². The van der Waals surface area contributed by atoms with E-state index in [-0.39, 0.29) is 31.2 Å². The second-order valence-corrected chi connectivity index (χ2v) is 11.2. The zero-order chi connectivity index (χ0) is 25.3. The van der Waals surface area contributed by atoms with Crippen molar-refractivity contribution in [1.29, 1.82) is 0 Å². The van der Waals surface area contributed by atoms with Gasteiger partial charge in [-0.2, -0.15) is 0 Å². The number of ether oxygens (including phenoxy) is 5. The minimum atomic E-state index is -2.45. The molecule has 34 heavy (non-hydrogen) atoms. The van der Waals surface area contributed by atoms with E-state index in [4.69, 9.17) is 28.2 Å². The van der Waals surface area contributed by atoms with Crippen LogP contribution in [-0.4, -0.2) is 78.6 Å². The Morgan fingerprint density at radius 3 is 2.62 bits per heavy atom. The van der Waals surface area contributed by atoms with Gasteiger partial charge in [0.2, 0.25) is 11.4 Å². The Labute approximate surface area is 200 Å². The Kier molecular flexibility index (Phi) is 11.2. The predicted octanol–water partition coefficient (Wildman–Crippen LogP) is 1.39. The van der Waals surface area contributed by atoms with Crippen molar-refractivity contribution < 1.29 is 42.7 Å². The fraction of sp³-hybridized carbons (Fsp3) is 0.737. The highest BCUT2D eigenvalue weighted by Crippen LogP contribution is 2.45. The summed E-state index contributed by atoms with van der Waals surface area (Å²) in [5, 5.41) is 9.77. The van der Waals surface area contributed by atoms with Gasteiger partial charge in [-0.05, 0) is 9.98 Å². The molecule has 1 aliphatic rings. The summed E-state index contributed by atoms with van der Waals surface area (Å²) in [4.78, 5) is 37.4. The monoisotopic (exact) mass is 525 g/mol. The molecular formula is C19H30N2O11PS+. The van der Waals surface area contributed by atoms with E-state index in [0.29, 0.717) is 11.4 Å². The molecule has 15 heteroatoms. The molecule has 0 radical (unpaired) electrons. The summed E-state index contributed by atoms with van der Waals surface area (Å²) in [5.41, 5.74) is -1.58. The van der Waals surface area contributed by atoms with Crippen LogP contribution in [0.1, 0.15) is 27.0 Å². The summed E-state index contributed by atoms with van der Waals surface area (Å²) in [6.45, 7) is 5.60. The normalized spacial score (nSPS) is 23.0. The first-order chi connectivity index (χ1) is 16.1. The van der Waals surface area contributed by atoms with Gasteiger partial charge in [-0.25, -0.2) is 9.59 Å². The van der Waals surface area contributed by atoms with Crippen LogP contribution in [0.25, 0.3) is 0 Å². The molecule has 1 saturated heterocycles. The number of nitrogens with one attached hydrogen (secondary N) is 1. The largest absolute Gasteiger partial charge is 0.589 e. The number of carbonyl (C=O) groups excluding carboxylic acids is 1. The van der Waals surface area contributed by atoms with E-state index in [0.717, 1.165) is 10.6 Å². The highest BCUT2D eigenvalue weighted by molar-refractivity contribution is 8.50. The second-order valence-electron chi connectivity index (χ2n) is 8.38. The van der Waals surface area contributed by atoms with Gasteiger partial charge in [0, 0.05) is 19.4 Å². The van der Waals surface area contributed by atoms with Crippen LogP contribution in [0.4, 0.5) is 4.79 Å². The topological polar surface area (TPSA) is 165 Å². The number of rotatable bonds is 12. The van der Waals surface area contributed by atoms with Crippen molar-refractivity contribution in [2.75, 3.05) is 39.5 Å². The zero-order valence-corrected chi connectivity index (χ0v) is 21.0. The van der Waals surface area contributed by atoms with Crippen molar-refractivity contribution in [2.45, 2.75) is 45.3 Å². The number of aromatic amines is 1. The smallest absolute Gasteiger partial charge is 0.434 e. The van der Waals surface area contributed by atoms with Gasteiger partial charge >= 0.3 is 19.1 Å². The molecule has 2 heterocycles. The molecule has 5 atom stereocenters. The number of aromatic nitrogens is 2. The number of methoxy groups -OCH3 is 1. The molecular weight excluding hydrogens is 495 g/mol. The van der Waals surface area contributed by atoms with E-state index in [1.165, 1.54) is 13.3 Å². The molecule has 0 aliphatic carbocycles. The number of H-pyrrole nitrogens is 1. The maximum atomic E-state index is 12.5. The lowest BCUT2D eigenvalue weighted by molar-refractivity contribution is -0.0807. The van der Waals surface area contributed by atoms with Gasteiger partial charge < -0.3 is 28.8 Å². The molecule has 1 unspecified atom stereocenters. The predicted molar refractivity (Wildman–Crippen MR) is 121 cm³/mol. The van der Waals surface area contributed by atoms with E-state index in [1.807, 2.05) is 20.8 Å². The molecule has 1 fully saturated rings. The van der Waals surface area contributed by atoms with Crippen molar-refractivity contribution in [1.82, 2.24) is 9.55 Å². The minimum absolute atomic E-state index is 0.0871. The molecule has 1 aliphatic heterocycles. The van der Waals surface area contributed by atoms with E-state index >= 15 is 0 Å². The van der Waals surface area contributed by atoms with E-state index in [9.17, 15) is 24.1 Å². The molecule has 2 N–H and O–H groups in total. The quantitative estimate of drug-likeness (QED) is 0.175. The molecule has 192 valence electrons. The lowest BCUT2D eigenvalue weighted by Gasteiger charge is -2.22. The summed E-state index contributed by atoms with van der Waals surface area (Å²) < 4.78 is 45.5. The molecule has 0 amide bonds. The number of hydrogen-bond acceptors (Lipinski definition) is 12. The third-order valence-corrected chi connectivity index (χ3v) is 6.41. The van der Waals surface area contributed by atoms with E-state index in [2.05, 4.69) is 4.98 Å². The molecule has 13 nitrogen and oxygen atoms in total. The summed E-state index contributed by atoms with van der Waals surface area (Å²) in [6, 6.07) is 1.13. The summed E-state index contributed by atoms with van der Waals surface area (Å²) in [6.07, 6.45) is -3.78. The van der Waals surface area contributed by atoms with Crippen molar-refractivity contribution >= 4 is 24.8 Å². The molecule has 2 rings (SSSR count). The number of hydrogen-bond donors (Lipinski definition) is 2. The number of aliphatic hydroxyl groups excluding tert-OH is 1. The Hall–Kier alpha value is -1.80. The van der Waals surface area contributed by atoms with Crippen LogP contribution in [0.5, 0.6) is 0 Å². The SMILES string of the molecule is COCCO[C@@H]1[C@H](O[P+](=O)SCOC(=O)OCC(C)(C)C)[C@@H](CO)O[C@H]1n1ccc(=O)[nH]c1=O. The average Bonchev–Trinajstić information content (AvgIpc) is 3.09. The van der Waals surface area contributed by atoms with E-state index < -0.39 is 55.8 Å². The summed E-state index contributed by atoms with van der Waals surface area (Å²) in [5.74, 6) is -0.298. The van der Waals surface area contributed by atoms with Gasteiger partial charge in [0.05, 0.1) is 26.4 Å². The molecule has 1 aromatic heterocycles. The maximum Gasteiger partial charge on any atom is 0.589 e. The minimum Gasteiger partial charge on any atom is -0.434 e. The first-order valence-electron chi connectivity index (χ1n) is 10.3. The second kappa shape index (κ2) is 13.3. The Bertz CT molecular complexity index is 932. The average molecular weight is 525 g/mol. The van der Waals surface area contributed by atoms with Crippen LogP contribution in [0, 0.1) is 5.41 Å². The Balaban J connectivity index is 2.04. The number of nitrogens with zero attached hydrogens (tertiary/aromatic N) is 1. The third-order valence-electron chi connectivity index (χ3n) is 4.35. The van der Waals surface area contributed by atoms with Crippen LogP contribution >= 0.6 is 18.6 Å². The van der Waals surface area contributed by atoms with Gasteiger partial charge in [-0.3, -0.25) is 14.3 Å².